The fraction of sp³-hybridized carbons (Fsp3) is 0. The Balaban J connectivity index is 1.05. The van der Waals surface area contributed by atoms with Gasteiger partial charge in [0.1, 0.15) is 16.7 Å². The van der Waals surface area contributed by atoms with Crippen molar-refractivity contribution in [3.05, 3.63) is 200 Å². The fourth-order valence-corrected chi connectivity index (χ4v) is 8.20. The van der Waals surface area contributed by atoms with E-state index in [1.54, 1.807) is 0 Å². The zero-order valence-electron chi connectivity index (χ0n) is 29.8. The van der Waals surface area contributed by atoms with Gasteiger partial charge in [0.05, 0.1) is 5.69 Å². The van der Waals surface area contributed by atoms with Gasteiger partial charge in [-0.25, -0.2) is 0 Å². The van der Waals surface area contributed by atoms with Crippen molar-refractivity contribution < 1.29 is 8.83 Å². The van der Waals surface area contributed by atoms with Crippen LogP contribution in [0.15, 0.2) is 209 Å². The molecule has 2 aromatic heterocycles. The minimum atomic E-state index is 0.852. The molecular formula is C52H33NO2. The molecule has 0 saturated carbocycles. The van der Waals surface area contributed by atoms with E-state index in [1.807, 2.05) is 12.1 Å². The first-order valence-electron chi connectivity index (χ1n) is 18.7. The third-order valence-electron chi connectivity index (χ3n) is 10.9. The lowest BCUT2D eigenvalue weighted by molar-refractivity contribution is 0.670. The second kappa shape index (κ2) is 12.6. The van der Waals surface area contributed by atoms with Gasteiger partial charge in [0.25, 0.3) is 0 Å². The molecule has 11 rings (SSSR count). The Labute approximate surface area is 317 Å². The number of hydrogen-bond donors (Lipinski definition) is 0. The van der Waals surface area contributed by atoms with Gasteiger partial charge in [-0.1, -0.05) is 158 Å². The van der Waals surface area contributed by atoms with Crippen molar-refractivity contribution in [3.8, 4) is 33.4 Å². The maximum Gasteiger partial charge on any atom is 0.159 e. The largest absolute Gasteiger partial charge is 0.455 e. The molecule has 0 aliphatic rings. The molecule has 0 radical (unpaired) electrons. The normalized spacial score (nSPS) is 11.6. The molecule has 55 heavy (non-hydrogen) atoms. The molecule has 258 valence electrons. The van der Waals surface area contributed by atoms with Crippen LogP contribution in [-0.2, 0) is 0 Å². The van der Waals surface area contributed by atoms with Crippen LogP contribution in [0.4, 0.5) is 17.1 Å². The van der Waals surface area contributed by atoms with Crippen molar-refractivity contribution in [1.29, 1.82) is 0 Å². The van der Waals surface area contributed by atoms with E-state index in [0.717, 1.165) is 94.3 Å². The van der Waals surface area contributed by atoms with Crippen molar-refractivity contribution in [3.63, 3.8) is 0 Å². The first-order chi connectivity index (χ1) is 27.3. The van der Waals surface area contributed by atoms with E-state index < -0.39 is 0 Å². The molecule has 0 atom stereocenters. The number of furan rings is 2. The first kappa shape index (κ1) is 31.2. The van der Waals surface area contributed by atoms with Gasteiger partial charge in [0, 0.05) is 44.0 Å². The second-order valence-electron chi connectivity index (χ2n) is 14.1. The lowest BCUT2D eigenvalue weighted by Gasteiger charge is -2.26. The summed E-state index contributed by atoms with van der Waals surface area (Å²) in [5.74, 6) is 0. The average molecular weight is 704 g/mol. The quantitative estimate of drug-likeness (QED) is 0.173. The SMILES string of the molecule is c1ccc(-c2cccc3c2oc2ccc(-c4ccc(N(c5ccc6ccccc6c5)c5cccc6c5oc5c(-c7ccccc7)cccc56)cc4)cc23)cc1. The molecule has 0 amide bonds. The van der Waals surface area contributed by atoms with E-state index in [2.05, 4.69) is 193 Å². The minimum Gasteiger partial charge on any atom is -0.455 e. The Morgan fingerprint density at radius 2 is 0.873 bits per heavy atom. The van der Waals surface area contributed by atoms with Gasteiger partial charge < -0.3 is 13.7 Å². The lowest BCUT2D eigenvalue weighted by atomic mass is 10.00. The topological polar surface area (TPSA) is 29.5 Å². The summed E-state index contributed by atoms with van der Waals surface area (Å²) in [6.07, 6.45) is 0. The Morgan fingerprint density at radius 3 is 1.58 bits per heavy atom. The van der Waals surface area contributed by atoms with Crippen LogP contribution < -0.4 is 4.90 Å². The van der Waals surface area contributed by atoms with E-state index in [9.17, 15) is 0 Å². The highest BCUT2D eigenvalue weighted by Gasteiger charge is 2.21. The molecule has 9 aromatic carbocycles. The van der Waals surface area contributed by atoms with Crippen LogP contribution in [0.2, 0.25) is 0 Å². The minimum absolute atomic E-state index is 0.852. The highest BCUT2D eigenvalue weighted by molar-refractivity contribution is 6.14. The maximum absolute atomic E-state index is 6.93. The van der Waals surface area contributed by atoms with E-state index in [4.69, 9.17) is 8.83 Å². The molecule has 3 nitrogen and oxygen atoms in total. The third-order valence-corrected chi connectivity index (χ3v) is 10.9. The van der Waals surface area contributed by atoms with Crippen molar-refractivity contribution in [2.45, 2.75) is 0 Å². The highest BCUT2D eigenvalue weighted by atomic mass is 16.3. The van der Waals surface area contributed by atoms with Gasteiger partial charge in [-0.05, 0) is 75.5 Å². The van der Waals surface area contributed by atoms with Gasteiger partial charge in [0.2, 0.25) is 0 Å². The molecule has 2 heterocycles. The van der Waals surface area contributed by atoms with Gasteiger partial charge in [-0.2, -0.15) is 0 Å². The summed E-state index contributed by atoms with van der Waals surface area (Å²) in [6.45, 7) is 0. The van der Waals surface area contributed by atoms with Crippen LogP contribution >= 0.6 is 0 Å². The second-order valence-corrected chi connectivity index (χ2v) is 14.1. The average Bonchev–Trinajstić information content (AvgIpc) is 3.83. The number of nitrogens with zero attached hydrogens (tertiary/aromatic N) is 1. The van der Waals surface area contributed by atoms with Crippen LogP contribution in [0.25, 0.3) is 88.0 Å². The predicted molar refractivity (Wildman–Crippen MR) is 229 cm³/mol. The standard InChI is InChI=1S/C52H33NO2/c1-3-13-36(14-4-1)42-18-10-21-46-47-33-39(27-31-49(47)54-50(42)46)35-24-28-40(29-25-35)53(41-30-26-34-12-7-8-17-38(34)32-41)48-23-11-22-45-44-20-9-19-43(51(44)55-52(45)48)37-15-5-2-6-16-37/h1-33H. The summed E-state index contributed by atoms with van der Waals surface area (Å²) in [5, 5.41) is 6.80. The van der Waals surface area contributed by atoms with Crippen molar-refractivity contribution in [1.82, 2.24) is 0 Å². The number of benzene rings is 9. The van der Waals surface area contributed by atoms with Gasteiger partial charge in [0.15, 0.2) is 5.58 Å². The number of rotatable bonds is 6. The number of anilines is 3. The summed E-state index contributed by atoms with van der Waals surface area (Å²) >= 11 is 0. The molecule has 0 aliphatic carbocycles. The molecule has 0 unspecified atom stereocenters. The molecule has 0 N–H and O–H groups in total. The Morgan fingerprint density at radius 1 is 0.309 bits per heavy atom. The number of para-hydroxylation sites is 3. The first-order valence-corrected chi connectivity index (χ1v) is 18.7. The number of fused-ring (bicyclic) bond motifs is 7. The molecule has 0 spiro atoms. The van der Waals surface area contributed by atoms with Crippen LogP contribution in [0, 0.1) is 0 Å². The van der Waals surface area contributed by atoms with Crippen LogP contribution in [0.1, 0.15) is 0 Å². The Bertz CT molecular complexity index is 3190. The summed E-state index contributed by atoms with van der Waals surface area (Å²) < 4.78 is 13.4. The monoisotopic (exact) mass is 703 g/mol. The summed E-state index contributed by atoms with van der Waals surface area (Å²) in [6, 6.07) is 70.8. The van der Waals surface area contributed by atoms with Crippen LogP contribution in [0.5, 0.6) is 0 Å². The third kappa shape index (κ3) is 5.20. The van der Waals surface area contributed by atoms with E-state index in [-0.39, 0.29) is 0 Å². The molecule has 0 aliphatic heterocycles. The van der Waals surface area contributed by atoms with Gasteiger partial charge in [-0.3, -0.25) is 0 Å². The molecule has 11 aromatic rings. The fourth-order valence-electron chi connectivity index (χ4n) is 8.20. The zero-order valence-corrected chi connectivity index (χ0v) is 29.8. The van der Waals surface area contributed by atoms with Gasteiger partial charge in [-0.15, -0.1) is 0 Å². The molecule has 0 fully saturated rings. The summed E-state index contributed by atoms with van der Waals surface area (Å²) in [4.78, 5) is 2.32. The van der Waals surface area contributed by atoms with Gasteiger partial charge >= 0.3 is 0 Å². The highest BCUT2D eigenvalue weighted by Crippen LogP contribution is 2.45. The summed E-state index contributed by atoms with van der Waals surface area (Å²) in [7, 11) is 0. The smallest absolute Gasteiger partial charge is 0.159 e. The maximum atomic E-state index is 6.93. The van der Waals surface area contributed by atoms with Crippen LogP contribution in [-0.4, -0.2) is 0 Å². The Hall–Kier alpha value is -7.36. The molecule has 0 bridgehead atoms. The predicted octanol–water partition coefficient (Wildman–Crippen LogP) is 15.1. The van der Waals surface area contributed by atoms with Crippen molar-refractivity contribution in [2.75, 3.05) is 4.90 Å². The van der Waals surface area contributed by atoms with Crippen molar-refractivity contribution >= 4 is 71.7 Å². The Kier molecular flexibility index (Phi) is 7.17. The van der Waals surface area contributed by atoms with Crippen LogP contribution in [0.3, 0.4) is 0 Å². The zero-order chi connectivity index (χ0) is 36.3. The number of hydrogen-bond acceptors (Lipinski definition) is 3. The summed E-state index contributed by atoms with van der Waals surface area (Å²) in [5.41, 5.74) is 13.4. The van der Waals surface area contributed by atoms with E-state index in [1.165, 1.54) is 10.8 Å². The van der Waals surface area contributed by atoms with E-state index in [0.29, 0.717) is 0 Å². The van der Waals surface area contributed by atoms with E-state index >= 15 is 0 Å². The lowest BCUT2D eigenvalue weighted by Crippen LogP contribution is -2.10. The van der Waals surface area contributed by atoms with Crippen molar-refractivity contribution in [2.24, 2.45) is 0 Å². The molecular weight excluding hydrogens is 671 g/mol. The molecule has 0 saturated heterocycles. The molecule has 3 heteroatoms.